The van der Waals surface area contributed by atoms with Crippen molar-refractivity contribution in [3.8, 4) is 0 Å². The lowest BCUT2D eigenvalue weighted by molar-refractivity contribution is -0.0788. The zero-order chi connectivity index (χ0) is 24.2. The highest BCUT2D eigenvalue weighted by atomic mass is 16.3. The molecule has 4 rings (SSSR count). The van der Waals surface area contributed by atoms with E-state index < -0.39 is 11.2 Å². The molecule has 3 saturated carbocycles. The third-order valence-corrected chi connectivity index (χ3v) is 11.1. The molecule has 0 amide bonds. The molecule has 2 N–H and O–H groups in total. The average molecular weight is 457 g/mol. The first kappa shape index (κ1) is 25.1. The van der Waals surface area contributed by atoms with Gasteiger partial charge in [0.15, 0.2) is 5.60 Å². The normalized spacial score (nSPS) is 43.6. The standard InChI is InChI=1S/C29H48N2O2/c1-7-25(31-30)29(33)17-16-27(5)20(18-29)8-9-21-23-11-10-22(19(2)12-14-26(3,4)32)28(23,6)15-13-24(21)27/h8,19,21-24,32-33H,7,9-18H2,1-6H3/t19-,21+,22-,23+,24+,27+,28-,29?/m1/s1. The smallest absolute Gasteiger partial charge is 0.300 e. The van der Waals surface area contributed by atoms with E-state index in [1.165, 1.54) is 31.3 Å². The largest absolute Gasteiger partial charge is 0.390 e. The highest BCUT2D eigenvalue weighted by Crippen LogP contribution is 2.67. The zero-order valence-corrected chi connectivity index (χ0v) is 22.0. The fourth-order valence-electron chi connectivity index (χ4n) is 9.14. The molecule has 0 heterocycles. The molecule has 186 valence electrons. The van der Waals surface area contributed by atoms with Crippen molar-refractivity contribution >= 4 is 5.71 Å². The van der Waals surface area contributed by atoms with Gasteiger partial charge in [-0.25, -0.2) is 0 Å². The van der Waals surface area contributed by atoms with Crippen LogP contribution >= 0.6 is 0 Å². The van der Waals surface area contributed by atoms with Gasteiger partial charge in [0.1, 0.15) is 0 Å². The third-order valence-electron chi connectivity index (χ3n) is 11.1. The minimum atomic E-state index is -0.973. The summed E-state index contributed by atoms with van der Waals surface area (Å²) < 4.78 is 0. The highest BCUT2D eigenvalue weighted by molar-refractivity contribution is 5.88. The predicted octanol–water partition coefficient (Wildman–Crippen LogP) is 6.56. The van der Waals surface area contributed by atoms with Crippen LogP contribution in [0.1, 0.15) is 112 Å². The summed E-state index contributed by atoms with van der Waals surface area (Å²) in [4.78, 5) is 3.48. The minimum Gasteiger partial charge on any atom is -0.390 e. The van der Waals surface area contributed by atoms with Gasteiger partial charge in [0.2, 0.25) is 0 Å². The second kappa shape index (κ2) is 8.61. The Hall–Kier alpha value is -0.960. The minimum absolute atomic E-state index is 0.176. The van der Waals surface area contributed by atoms with E-state index in [4.69, 9.17) is 0 Å². The Balaban J connectivity index is 1.54. The summed E-state index contributed by atoms with van der Waals surface area (Å²) in [5.41, 5.74) is 10.5. The first-order chi connectivity index (χ1) is 15.4. The quantitative estimate of drug-likeness (QED) is 0.205. The van der Waals surface area contributed by atoms with Crippen LogP contribution < -0.4 is 0 Å². The zero-order valence-electron chi connectivity index (χ0n) is 22.0. The molecule has 0 spiro atoms. The van der Waals surface area contributed by atoms with Crippen molar-refractivity contribution in [1.82, 2.24) is 0 Å². The van der Waals surface area contributed by atoms with Gasteiger partial charge in [-0.2, -0.15) is 4.79 Å². The average Bonchev–Trinajstić information content (AvgIpc) is 3.10. The van der Waals surface area contributed by atoms with Crippen LogP contribution in [0.5, 0.6) is 0 Å². The third kappa shape index (κ3) is 4.19. The van der Waals surface area contributed by atoms with E-state index in [0.717, 1.165) is 43.4 Å². The van der Waals surface area contributed by atoms with Crippen LogP contribution in [0, 0.1) is 40.4 Å². The van der Waals surface area contributed by atoms with Crippen LogP contribution in [0.2, 0.25) is 0 Å². The summed E-state index contributed by atoms with van der Waals surface area (Å²) in [6.45, 7) is 13.4. The number of allylic oxidation sites excluding steroid dienone is 1. The lowest BCUT2D eigenvalue weighted by Crippen LogP contribution is -2.54. The Morgan fingerprint density at radius 2 is 1.91 bits per heavy atom. The van der Waals surface area contributed by atoms with Gasteiger partial charge in [-0.1, -0.05) is 39.3 Å². The lowest BCUT2D eigenvalue weighted by Gasteiger charge is -2.59. The van der Waals surface area contributed by atoms with Gasteiger partial charge in [0, 0.05) is 12.8 Å². The fourth-order valence-corrected chi connectivity index (χ4v) is 9.14. The monoisotopic (exact) mass is 456 g/mol. The first-order valence-corrected chi connectivity index (χ1v) is 13.7. The van der Waals surface area contributed by atoms with E-state index in [1.807, 2.05) is 20.8 Å². The van der Waals surface area contributed by atoms with Gasteiger partial charge in [0.25, 0.3) is 5.71 Å². The van der Waals surface area contributed by atoms with Gasteiger partial charge in [-0.15, -0.1) is 0 Å². The Bertz CT molecular complexity index is 837. The molecular weight excluding hydrogens is 408 g/mol. The number of hydrogen-bond acceptors (Lipinski definition) is 2. The van der Waals surface area contributed by atoms with Gasteiger partial charge in [-0.05, 0) is 112 Å². The summed E-state index contributed by atoms with van der Waals surface area (Å²) in [7, 11) is 0. The van der Waals surface area contributed by atoms with Gasteiger partial charge in [0.05, 0.1) is 5.60 Å². The molecule has 8 atom stereocenters. The molecule has 0 aromatic rings. The number of hydrogen-bond donors (Lipinski definition) is 2. The van der Waals surface area contributed by atoms with E-state index >= 15 is 0 Å². The van der Waals surface area contributed by atoms with E-state index in [-0.39, 0.29) is 5.41 Å². The van der Waals surface area contributed by atoms with Crippen molar-refractivity contribution in [2.45, 2.75) is 123 Å². The highest BCUT2D eigenvalue weighted by Gasteiger charge is 2.60. The Morgan fingerprint density at radius 1 is 1.18 bits per heavy atom. The molecule has 0 radical (unpaired) electrons. The Kier molecular flexibility index (Phi) is 6.56. The maximum absolute atomic E-state index is 11.3. The summed E-state index contributed by atoms with van der Waals surface area (Å²) in [6, 6.07) is 0. The number of rotatable bonds is 6. The molecule has 3 fully saturated rings. The Morgan fingerprint density at radius 3 is 2.55 bits per heavy atom. The van der Waals surface area contributed by atoms with Crippen LogP contribution in [0.25, 0.3) is 5.53 Å². The molecule has 1 unspecified atom stereocenters. The molecule has 4 nitrogen and oxygen atoms in total. The van der Waals surface area contributed by atoms with Gasteiger partial charge >= 0.3 is 0 Å². The number of fused-ring (bicyclic) bond motifs is 5. The molecule has 0 bridgehead atoms. The van der Waals surface area contributed by atoms with Gasteiger partial charge < -0.3 is 15.7 Å². The van der Waals surface area contributed by atoms with E-state index in [0.29, 0.717) is 42.2 Å². The van der Waals surface area contributed by atoms with Crippen LogP contribution in [0.4, 0.5) is 0 Å². The van der Waals surface area contributed by atoms with Crippen molar-refractivity contribution in [2.24, 2.45) is 40.4 Å². The summed E-state index contributed by atoms with van der Waals surface area (Å²) in [5.74, 6) is 3.71. The molecule has 4 aliphatic carbocycles. The van der Waals surface area contributed by atoms with E-state index in [9.17, 15) is 15.7 Å². The van der Waals surface area contributed by atoms with E-state index in [2.05, 4.69) is 31.6 Å². The SMILES string of the molecule is CCC(=[N+]=[N-])C1(O)CC[C@@]2(C)C(=CC[C@H]3[C@@H]4CC[C@H]([C@H](C)CCC(C)(C)O)[C@@]4(C)CC[C@@H]32)C1. The van der Waals surface area contributed by atoms with Crippen LogP contribution in [-0.4, -0.2) is 31.9 Å². The van der Waals surface area contributed by atoms with Crippen molar-refractivity contribution in [1.29, 1.82) is 0 Å². The molecular formula is C29H48N2O2. The molecule has 0 aromatic carbocycles. The van der Waals surface area contributed by atoms with Crippen molar-refractivity contribution in [3.63, 3.8) is 0 Å². The first-order valence-electron chi connectivity index (χ1n) is 13.7. The second-order valence-corrected chi connectivity index (χ2v) is 13.4. The summed E-state index contributed by atoms with van der Waals surface area (Å²) in [6.07, 6.45) is 13.9. The van der Waals surface area contributed by atoms with Crippen molar-refractivity contribution in [2.75, 3.05) is 0 Å². The van der Waals surface area contributed by atoms with Crippen LogP contribution in [-0.2, 0) is 0 Å². The molecule has 0 saturated heterocycles. The molecule has 4 heteroatoms. The Labute approximate surface area is 201 Å². The maximum atomic E-state index is 11.3. The fraction of sp³-hybridized carbons (Fsp3) is 0.897. The van der Waals surface area contributed by atoms with Crippen LogP contribution in [0.15, 0.2) is 11.6 Å². The molecule has 4 aliphatic rings. The lowest BCUT2D eigenvalue weighted by atomic mass is 9.46. The number of nitrogens with zero attached hydrogens (tertiary/aromatic N) is 2. The van der Waals surface area contributed by atoms with Gasteiger partial charge in [-0.3, -0.25) is 0 Å². The summed E-state index contributed by atoms with van der Waals surface area (Å²) >= 11 is 0. The summed E-state index contributed by atoms with van der Waals surface area (Å²) in [5, 5.41) is 21.6. The maximum Gasteiger partial charge on any atom is 0.300 e. The van der Waals surface area contributed by atoms with Crippen molar-refractivity contribution < 1.29 is 15.0 Å². The topological polar surface area (TPSA) is 76.9 Å². The van der Waals surface area contributed by atoms with Crippen LogP contribution in [0.3, 0.4) is 0 Å². The molecule has 0 aromatic heterocycles. The van der Waals surface area contributed by atoms with Crippen molar-refractivity contribution in [3.05, 3.63) is 17.2 Å². The molecule has 0 aliphatic heterocycles. The predicted molar refractivity (Wildman–Crippen MR) is 134 cm³/mol. The second-order valence-electron chi connectivity index (χ2n) is 13.4. The van der Waals surface area contributed by atoms with E-state index in [1.54, 1.807) is 0 Å². The number of aliphatic hydroxyl groups is 2. The molecule has 33 heavy (non-hydrogen) atoms.